The van der Waals surface area contributed by atoms with E-state index < -0.39 is 0 Å². The minimum atomic E-state index is -0.152. The van der Waals surface area contributed by atoms with Gasteiger partial charge in [0, 0.05) is 23.7 Å². The summed E-state index contributed by atoms with van der Waals surface area (Å²) < 4.78 is 11.3. The van der Waals surface area contributed by atoms with Crippen molar-refractivity contribution in [2.24, 2.45) is 0 Å². The van der Waals surface area contributed by atoms with Gasteiger partial charge in [0.25, 0.3) is 0 Å². The number of anilines is 1. The van der Waals surface area contributed by atoms with E-state index >= 15 is 0 Å². The smallest absolute Gasteiger partial charge is 0.319 e. The molecule has 2 aliphatic rings. The first-order valence-corrected chi connectivity index (χ1v) is 7.98. The minimum Gasteiger partial charge on any atom is -0.488 e. The van der Waals surface area contributed by atoms with Gasteiger partial charge >= 0.3 is 6.03 Å². The van der Waals surface area contributed by atoms with Gasteiger partial charge in [-0.15, -0.1) is 0 Å². The first-order valence-electron chi connectivity index (χ1n) is 7.98. The van der Waals surface area contributed by atoms with Gasteiger partial charge in [0.1, 0.15) is 11.9 Å². The van der Waals surface area contributed by atoms with Crippen LogP contribution in [0.15, 0.2) is 18.2 Å². The molecular weight excluding hydrogens is 280 g/mol. The molecule has 0 spiro atoms. The van der Waals surface area contributed by atoms with Crippen LogP contribution in [0.25, 0.3) is 0 Å². The van der Waals surface area contributed by atoms with Crippen molar-refractivity contribution in [2.75, 3.05) is 18.5 Å². The van der Waals surface area contributed by atoms with Crippen molar-refractivity contribution in [1.82, 2.24) is 5.32 Å². The highest BCUT2D eigenvalue weighted by molar-refractivity contribution is 5.90. The average molecular weight is 304 g/mol. The zero-order valence-electron chi connectivity index (χ0n) is 13.3. The maximum absolute atomic E-state index is 12.1. The van der Waals surface area contributed by atoms with Crippen LogP contribution in [-0.2, 0) is 4.74 Å². The summed E-state index contributed by atoms with van der Waals surface area (Å²) in [6.07, 6.45) is 4.30. The van der Waals surface area contributed by atoms with Gasteiger partial charge < -0.3 is 20.1 Å². The molecule has 1 saturated carbocycles. The average Bonchev–Trinajstić information content (AvgIpc) is 2.93. The molecule has 1 heterocycles. The molecule has 3 rings (SSSR count). The molecule has 0 unspecified atom stereocenters. The third-order valence-corrected chi connectivity index (χ3v) is 4.50. The number of amides is 2. The van der Waals surface area contributed by atoms with E-state index in [-0.39, 0.29) is 17.7 Å². The summed E-state index contributed by atoms with van der Waals surface area (Å²) >= 11 is 0. The van der Waals surface area contributed by atoms with E-state index in [1.807, 2.05) is 25.1 Å². The van der Waals surface area contributed by atoms with Crippen molar-refractivity contribution in [2.45, 2.75) is 51.2 Å². The Morgan fingerprint density at radius 1 is 1.41 bits per heavy atom. The molecule has 0 bridgehead atoms. The van der Waals surface area contributed by atoms with Crippen LogP contribution >= 0.6 is 0 Å². The van der Waals surface area contributed by atoms with E-state index in [9.17, 15) is 4.79 Å². The van der Waals surface area contributed by atoms with Crippen LogP contribution in [0, 0.1) is 6.92 Å². The fourth-order valence-electron chi connectivity index (χ4n) is 2.86. The molecule has 0 aromatic heterocycles. The van der Waals surface area contributed by atoms with Crippen LogP contribution in [0.5, 0.6) is 5.75 Å². The molecule has 120 valence electrons. The number of rotatable bonds is 4. The Labute approximate surface area is 131 Å². The second-order valence-electron chi connectivity index (χ2n) is 6.58. The Balaban J connectivity index is 1.62. The van der Waals surface area contributed by atoms with Gasteiger partial charge in [-0.3, -0.25) is 0 Å². The summed E-state index contributed by atoms with van der Waals surface area (Å²) in [6, 6.07) is 5.60. The normalized spacial score (nSPS) is 22.7. The molecular formula is C17H24N2O3. The fraction of sp³-hybridized carbons (Fsp3) is 0.588. The summed E-state index contributed by atoms with van der Waals surface area (Å²) in [4.78, 5) is 12.1. The largest absolute Gasteiger partial charge is 0.488 e. The Morgan fingerprint density at radius 2 is 2.23 bits per heavy atom. The number of aryl methyl sites for hydroxylation is 1. The Bertz CT molecular complexity index is 549. The number of nitrogens with one attached hydrogen (secondary N) is 2. The molecule has 22 heavy (non-hydrogen) atoms. The monoisotopic (exact) mass is 304 g/mol. The van der Waals surface area contributed by atoms with Gasteiger partial charge in [-0.25, -0.2) is 4.79 Å². The van der Waals surface area contributed by atoms with Gasteiger partial charge in [-0.2, -0.15) is 0 Å². The van der Waals surface area contributed by atoms with Gasteiger partial charge in [-0.1, -0.05) is 6.07 Å². The van der Waals surface area contributed by atoms with Gasteiger partial charge in [0.2, 0.25) is 0 Å². The van der Waals surface area contributed by atoms with Crippen LogP contribution in [0.2, 0.25) is 0 Å². The van der Waals surface area contributed by atoms with Crippen molar-refractivity contribution >= 4 is 11.7 Å². The summed E-state index contributed by atoms with van der Waals surface area (Å²) in [6.45, 7) is 5.48. The fourth-order valence-corrected chi connectivity index (χ4v) is 2.86. The van der Waals surface area contributed by atoms with Crippen LogP contribution in [-0.4, -0.2) is 30.9 Å². The van der Waals surface area contributed by atoms with Crippen molar-refractivity contribution in [3.8, 4) is 5.75 Å². The molecule has 2 amide bonds. The summed E-state index contributed by atoms with van der Waals surface area (Å²) in [5.74, 6) is 0.808. The van der Waals surface area contributed by atoms with Crippen LogP contribution in [0.3, 0.4) is 0 Å². The predicted octanol–water partition coefficient (Wildman–Crippen LogP) is 3.23. The lowest BCUT2D eigenvalue weighted by molar-refractivity contribution is 0.141. The van der Waals surface area contributed by atoms with E-state index in [0.717, 1.165) is 42.9 Å². The van der Waals surface area contributed by atoms with Gasteiger partial charge in [-0.05, 0) is 44.7 Å². The predicted molar refractivity (Wildman–Crippen MR) is 85.4 cm³/mol. The van der Waals surface area contributed by atoms with Crippen molar-refractivity contribution < 1.29 is 14.3 Å². The van der Waals surface area contributed by atoms with Crippen LogP contribution in [0.4, 0.5) is 10.5 Å². The van der Waals surface area contributed by atoms with Gasteiger partial charge in [0.05, 0.1) is 13.2 Å². The topological polar surface area (TPSA) is 59.6 Å². The third-order valence-electron chi connectivity index (χ3n) is 4.50. The Morgan fingerprint density at radius 3 is 2.86 bits per heavy atom. The highest BCUT2D eigenvalue weighted by Gasteiger charge is 2.33. The summed E-state index contributed by atoms with van der Waals surface area (Å²) in [5, 5.41) is 5.94. The molecule has 1 atom stereocenters. The van der Waals surface area contributed by atoms with Crippen molar-refractivity contribution in [3.63, 3.8) is 0 Å². The molecule has 1 aliphatic heterocycles. The van der Waals surface area contributed by atoms with E-state index in [4.69, 9.17) is 9.47 Å². The molecule has 5 nitrogen and oxygen atoms in total. The molecule has 2 N–H and O–H groups in total. The van der Waals surface area contributed by atoms with Crippen molar-refractivity contribution in [3.05, 3.63) is 23.8 Å². The number of carbonyl (C=O) groups excluding carboxylic acids is 1. The number of urea groups is 1. The second kappa shape index (κ2) is 6.16. The standard InChI is InChI=1S/C17H24N2O3/c1-12-4-5-13(10-15(12)22-14-6-9-21-11-14)18-16(20)19-17(2)7-3-8-17/h4-5,10,14H,3,6-9,11H2,1-2H3,(H2,18,19,20)/t14-/m1/s1. The third kappa shape index (κ3) is 3.53. The van der Waals surface area contributed by atoms with Crippen molar-refractivity contribution in [1.29, 1.82) is 0 Å². The summed E-state index contributed by atoms with van der Waals surface area (Å²) in [7, 11) is 0. The first-order chi connectivity index (χ1) is 10.5. The Kier molecular flexibility index (Phi) is 4.25. The van der Waals surface area contributed by atoms with E-state index in [1.165, 1.54) is 6.42 Å². The minimum absolute atomic E-state index is 0.0463. The highest BCUT2D eigenvalue weighted by Crippen LogP contribution is 2.31. The zero-order valence-corrected chi connectivity index (χ0v) is 13.3. The highest BCUT2D eigenvalue weighted by atomic mass is 16.5. The zero-order chi connectivity index (χ0) is 15.6. The molecule has 2 fully saturated rings. The maximum Gasteiger partial charge on any atom is 0.319 e. The van der Waals surface area contributed by atoms with E-state index in [0.29, 0.717) is 6.61 Å². The molecule has 1 aromatic rings. The lowest BCUT2D eigenvalue weighted by atomic mass is 9.79. The lowest BCUT2D eigenvalue weighted by Crippen LogP contribution is -2.52. The van der Waals surface area contributed by atoms with E-state index in [2.05, 4.69) is 17.6 Å². The van der Waals surface area contributed by atoms with E-state index in [1.54, 1.807) is 0 Å². The number of ether oxygens (including phenoxy) is 2. The Hall–Kier alpha value is -1.75. The summed E-state index contributed by atoms with van der Waals surface area (Å²) in [5.41, 5.74) is 1.76. The quantitative estimate of drug-likeness (QED) is 0.898. The molecule has 1 aromatic carbocycles. The SMILES string of the molecule is Cc1ccc(NC(=O)NC2(C)CCC2)cc1O[C@@H]1CCOC1. The lowest BCUT2D eigenvalue weighted by Gasteiger charge is -2.39. The number of hydrogen-bond acceptors (Lipinski definition) is 3. The number of hydrogen-bond donors (Lipinski definition) is 2. The number of benzene rings is 1. The molecule has 5 heteroatoms. The first kappa shape index (κ1) is 15.2. The maximum atomic E-state index is 12.1. The van der Waals surface area contributed by atoms with Crippen LogP contribution in [0.1, 0.15) is 38.2 Å². The van der Waals surface area contributed by atoms with Crippen LogP contribution < -0.4 is 15.4 Å². The molecule has 1 aliphatic carbocycles. The number of carbonyl (C=O) groups is 1. The molecule has 0 radical (unpaired) electrons. The second-order valence-corrected chi connectivity index (χ2v) is 6.58. The molecule has 1 saturated heterocycles. The van der Waals surface area contributed by atoms with Gasteiger partial charge in [0.15, 0.2) is 0 Å².